The predicted octanol–water partition coefficient (Wildman–Crippen LogP) is 1.77. The third-order valence-corrected chi connectivity index (χ3v) is 3.88. The second-order valence-corrected chi connectivity index (χ2v) is 5.33. The van der Waals surface area contributed by atoms with Crippen LogP contribution in [0.1, 0.15) is 28.8 Å². The molecule has 96 valence electrons. The summed E-state index contributed by atoms with van der Waals surface area (Å²) >= 11 is 3.40. The first-order valence-electron chi connectivity index (χ1n) is 5.90. The minimum atomic E-state index is -0.114. The van der Waals surface area contributed by atoms with E-state index in [9.17, 15) is 9.59 Å². The lowest BCUT2D eigenvalue weighted by Crippen LogP contribution is -2.38. The summed E-state index contributed by atoms with van der Waals surface area (Å²) in [6, 6.07) is 5.56. The van der Waals surface area contributed by atoms with Crippen LogP contribution in [0.3, 0.4) is 0 Å². The van der Waals surface area contributed by atoms with E-state index < -0.39 is 0 Å². The normalized spacial score (nSPS) is 18.6. The number of aryl methyl sites for hydroxylation is 1. The second kappa shape index (κ2) is 5.52. The van der Waals surface area contributed by atoms with E-state index >= 15 is 0 Å². The number of carbonyl (C=O) groups excluding carboxylic acids is 2. The first kappa shape index (κ1) is 13.1. The molecule has 18 heavy (non-hydrogen) atoms. The Hall–Kier alpha value is -1.36. The Morgan fingerprint density at radius 1 is 1.56 bits per heavy atom. The van der Waals surface area contributed by atoms with Gasteiger partial charge in [-0.2, -0.15) is 0 Å². The minimum Gasteiger partial charge on any atom is -0.352 e. The predicted molar refractivity (Wildman–Crippen MR) is 72.4 cm³/mol. The summed E-state index contributed by atoms with van der Waals surface area (Å²) in [4.78, 5) is 22.9. The van der Waals surface area contributed by atoms with Gasteiger partial charge in [0.1, 0.15) is 0 Å². The molecule has 1 aliphatic rings. The summed E-state index contributed by atoms with van der Waals surface area (Å²) in [7, 11) is 0. The highest BCUT2D eigenvalue weighted by atomic mass is 79.9. The maximum atomic E-state index is 11.9. The van der Waals surface area contributed by atoms with Crippen molar-refractivity contribution in [3.63, 3.8) is 0 Å². The van der Waals surface area contributed by atoms with Crippen LogP contribution in [-0.2, 0) is 4.79 Å². The van der Waals surface area contributed by atoms with E-state index in [0.717, 1.165) is 16.5 Å². The Kier molecular flexibility index (Phi) is 4.01. The maximum absolute atomic E-state index is 11.9. The zero-order valence-corrected chi connectivity index (χ0v) is 11.7. The van der Waals surface area contributed by atoms with Gasteiger partial charge < -0.3 is 10.6 Å². The van der Waals surface area contributed by atoms with E-state index in [1.54, 1.807) is 12.1 Å². The number of nitrogens with one attached hydrogen (secondary N) is 2. The Bertz CT molecular complexity index is 488. The standard InChI is InChI=1S/C13H15BrN2O2/c1-8-2-3-9(6-11(8)14)13(18)15-7-10-4-5-12(17)16-10/h2-3,6,10H,4-5,7H2,1H3,(H,15,18)(H,16,17). The van der Waals surface area contributed by atoms with E-state index in [1.807, 2.05) is 13.0 Å². The molecule has 0 aliphatic carbocycles. The largest absolute Gasteiger partial charge is 0.352 e. The van der Waals surface area contributed by atoms with E-state index in [2.05, 4.69) is 26.6 Å². The van der Waals surface area contributed by atoms with E-state index in [4.69, 9.17) is 0 Å². The zero-order chi connectivity index (χ0) is 13.1. The Morgan fingerprint density at radius 2 is 2.33 bits per heavy atom. The van der Waals surface area contributed by atoms with Gasteiger partial charge in [-0.3, -0.25) is 9.59 Å². The van der Waals surface area contributed by atoms with Crippen LogP contribution in [0.15, 0.2) is 22.7 Å². The summed E-state index contributed by atoms with van der Waals surface area (Å²) < 4.78 is 0.921. The average Bonchev–Trinajstić information content (AvgIpc) is 2.75. The number of carbonyl (C=O) groups is 2. The molecule has 1 fully saturated rings. The molecule has 1 saturated heterocycles. The van der Waals surface area contributed by atoms with Gasteiger partial charge in [0.15, 0.2) is 0 Å². The van der Waals surface area contributed by atoms with Gasteiger partial charge in [0.05, 0.1) is 0 Å². The van der Waals surface area contributed by atoms with Crippen molar-refractivity contribution >= 4 is 27.7 Å². The van der Waals surface area contributed by atoms with Crippen LogP contribution >= 0.6 is 15.9 Å². The van der Waals surface area contributed by atoms with Crippen molar-refractivity contribution in [2.24, 2.45) is 0 Å². The highest BCUT2D eigenvalue weighted by molar-refractivity contribution is 9.10. The lowest BCUT2D eigenvalue weighted by atomic mass is 10.1. The molecule has 0 spiro atoms. The van der Waals surface area contributed by atoms with Crippen LogP contribution in [0, 0.1) is 6.92 Å². The smallest absolute Gasteiger partial charge is 0.251 e. The third kappa shape index (κ3) is 3.10. The van der Waals surface area contributed by atoms with Crippen molar-refractivity contribution in [1.82, 2.24) is 10.6 Å². The Morgan fingerprint density at radius 3 is 2.94 bits per heavy atom. The molecule has 1 aromatic rings. The lowest BCUT2D eigenvalue weighted by molar-refractivity contribution is -0.119. The SMILES string of the molecule is Cc1ccc(C(=O)NCC2CCC(=O)N2)cc1Br. The van der Waals surface area contributed by atoms with Gasteiger partial charge >= 0.3 is 0 Å². The van der Waals surface area contributed by atoms with Gasteiger partial charge in [0, 0.05) is 29.0 Å². The van der Waals surface area contributed by atoms with Crippen LogP contribution in [0.5, 0.6) is 0 Å². The van der Waals surface area contributed by atoms with Crippen molar-refractivity contribution in [2.75, 3.05) is 6.54 Å². The first-order valence-corrected chi connectivity index (χ1v) is 6.69. The fourth-order valence-corrected chi connectivity index (χ4v) is 2.26. The number of amides is 2. The van der Waals surface area contributed by atoms with Gasteiger partial charge in [-0.25, -0.2) is 0 Å². The van der Waals surface area contributed by atoms with Gasteiger partial charge in [0.25, 0.3) is 5.91 Å². The van der Waals surface area contributed by atoms with E-state index in [1.165, 1.54) is 0 Å². The number of halogens is 1. The van der Waals surface area contributed by atoms with Crippen molar-refractivity contribution in [1.29, 1.82) is 0 Å². The van der Waals surface area contributed by atoms with Crippen LogP contribution in [-0.4, -0.2) is 24.4 Å². The van der Waals surface area contributed by atoms with E-state index in [-0.39, 0.29) is 17.9 Å². The van der Waals surface area contributed by atoms with E-state index in [0.29, 0.717) is 18.5 Å². The molecule has 1 unspecified atom stereocenters. The van der Waals surface area contributed by atoms with Crippen molar-refractivity contribution in [2.45, 2.75) is 25.8 Å². The molecule has 5 heteroatoms. The summed E-state index contributed by atoms with van der Waals surface area (Å²) in [5.74, 6) is -0.0517. The molecular formula is C13H15BrN2O2. The summed E-state index contributed by atoms with van der Waals surface area (Å²) in [6.07, 6.45) is 1.34. The highest BCUT2D eigenvalue weighted by Crippen LogP contribution is 2.17. The number of hydrogen-bond acceptors (Lipinski definition) is 2. The number of hydrogen-bond donors (Lipinski definition) is 2. The fraction of sp³-hybridized carbons (Fsp3) is 0.385. The molecular weight excluding hydrogens is 296 g/mol. The molecule has 1 heterocycles. The molecule has 0 saturated carbocycles. The molecule has 0 radical (unpaired) electrons. The minimum absolute atomic E-state index is 0.0623. The molecule has 1 atom stereocenters. The molecule has 4 nitrogen and oxygen atoms in total. The molecule has 0 bridgehead atoms. The van der Waals surface area contributed by atoms with Gasteiger partial charge in [0.2, 0.25) is 5.91 Å². The Labute approximate surface area is 114 Å². The molecule has 1 aromatic carbocycles. The fourth-order valence-electron chi connectivity index (χ4n) is 1.88. The second-order valence-electron chi connectivity index (χ2n) is 4.48. The van der Waals surface area contributed by atoms with Crippen molar-refractivity contribution in [3.8, 4) is 0 Å². The van der Waals surface area contributed by atoms with Crippen LogP contribution in [0.4, 0.5) is 0 Å². The molecule has 2 amide bonds. The van der Waals surface area contributed by atoms with Crippen molar-refractivity contribution in [3.05, 3.63) is 33.8 Å². The van der Waals surface area contributed by atoms with Gasteiger partial charge in [-0.1, -0.05) is 22.0 Å². The topological polar surface area (TPSA) is 58.2 Å². The summed E-state index contributed by atoms with van der Waals surface area (Å²) in [6.45, 7) is 2.45. The highest BCUT2D eigenvalue weighted by Gasteiger charge is 2.21. The maximum Gasteiger partial charge on any atom is 0.251 e. The number of benzene rings is 1. The monoisotopic (exact) mass is 310 g/mol. The summed E-state index contributed by atoms with van der Waals surface area (Å²) in [5, 5.41) is 5.65. The van der Waals surface area contributed by atoms with Crippen LogP contribution < -0.4 is 10.6 Å². The first-order chi connectivity index (χ1) is 8.56. The van der Waals surface area contributed by atoms with Crippen molar-refractivity contribution < 1.29 is 9.59 Å². The quantitative estimate of drug-likeness (QED) is 0.894. The zero-order valence-electron chi connectivity index (χ0n) is 10.1. The van der Waals surface area contributed by atoms with Gasteiger partial charge in [-0.15, -0.1) is 0 Å². The number of rotatable bonds is 3. The van der Waals surface area contributed by atoms with Gasteiger partial charge in [-0.05, 0) is 31.0 Å². The van der Waals surface area contributed by atoms with Crippen LogP contribution in [0.25, 0.3) is 0 Å². The average molecular weight is 311 g/mol. The lowest BCUT2D eigenvalue weighted by Gasteiger charge is -2.11. The van der Waals surface area contributed by atoms with Crippen LogP contribution in [0.2, 0.25) is 0 Å². The Balaban J connectivity index is 1.91. The molecule has 2 rings (SSSR count). The summed E-state index contributed by atoms with van der Waals surface area (Å²) in [5.41, 5.74) is 1.71. The molecule has 2 N–H and O–H groups in total. The third-order valence-electron chi connectivity index (χ3n) is 3.03. The molecule has 0 aromatic heterocycles. The molecule has 1 aliphatic heterocycles.